The van der Waals surface area contributed by atoms with E-state index in [0.29, 0.717) is 31.9 Å². The highest BCUT2D eigenvalue weighted by Crippen LogP contribution is 2.14. The van der Waals surface area contributed by atoms with Crippen LogP contribution in [0.2, 0.25) is 0 Å². The average molecular weight is 171 g/mol. The Hall–Kier alpha value is -1.06. The zero-order chi connectivity index (χ0) is 8.97. The molecule has 0 saturated heterocycles. The number of aliphatic imine (C=N–C) groups is 1. The Morgan fingerprint density at radius 3 is 3.00 bits per heavy atom. The summed E-state index contributed by atoms with van der Waals surface area (Å²) in [6.45, 7) is 2.87. The molecule has 0 radical (unpaired) electrons. The van der Waals surface area contributed by atoms with Crippen LogP contribution in [-0.4, -0.2) is 30.1 Å². The minimum atomic E-state index is -0.755. The van der Waals surface area contributed by atoms with E-state index in [0.717, 1.165) is 0 Å². The lowest BCUT2D eigenvalue weighted by Gasteiger charge is -2.17. The summed E-state index contributed by atoms with van der Waals surface area (Å²) in [6.07, 6.45) is 1.30. The lowest BCUT2D eigenvalue weighted by molar-refractivity contribution is -0.141. The van der Waals surface area contributed by atoms with Crippen molar-refractivity contribution in [2.75, 3.05) is 13.2 Å². The third-order valence-electron chi connectivity index (χ3n) is 1.85. The van der Waals surface area contributed by atoms with Gasteiger partial charge in [-0.25, -0.2) is 0 Å². The second-order valence-corrected chi connectivity index (χ2v) is 2.74. The molecule has 0 aliphatic carbocycles. The molecule has 4 nitrogen and oxygen atoms in total. The van der Waals surface area contributed by atoms with Gasteiger partial charge in [-0.05, 0) is 13.3 Å². The number of nitrogens with zero attached hydrogens (tertiary/aromatic N) is 1. The lowest BCUT2D eigenvalue weighted by Crippen LogP contribution is -2.24. The highest BCUT2D eigenvalue weighted by molar-refractivity contribution is 5.79. The number of carboxylic acid groups (broad SMARTS) is 1. The van der Waals surface area contributed by atoms with Gasteiger partial charge < -0.3 is 9.84 Å². The molecule has 1 unspecified atom stereocenters. The van der Waals surface area contributed by atoms with Crippen molar-refractivity contribution in [1.82, 2.24) is 0 Å². The van der Waals surface area contributed by atoms with E-state index in [2.05, 4.69) is 4.99 Å². The summed E-state index contributed by atoms with van der Waals surface area (Å²) < 4.78 is 5.17. The molecule has 1 aliphatic rings. The predicted octanol–water partition coefficient (Wildman–Crippen LogP) is 0.916. The lowest BCUT2D eigenvalue weighted by atomic mass is 10.0. The first-order valence-electron chi connectivity index (χ1n) is 4.13. The number of carboxylic acids is 1. The maximum absolute atomic E-state index is 10.5. The van der Waals surface area contributed by atoms with Crippen LogP contribution in [0.1, 0.15) is 19.8 Å². The Bertz CT molecular complexity index is 200. The molecular weight excluding hydrogens is 158 g/mol. The van der Waals surface area contributed by atoms with Gasteiger partial charge >= 0.3 is 5.97 Å². The number of hydrogen-bond donors (Lipinski definition) is 1. The molecule has 0 spiro atoms. The molecule has 0 bridgehead atoms. The van der Waals surface area contributed by atoms with E-state index in [1.807, 2.05) is 6.92 Å². The van der Waals surface area contributed by atoms with Gasteiger partial charge in [0.05, 0.1) is 19.1 Å². The standard InChI is InChI=1S/C8H13NO3/c1-2-12-7-4-3-6(5-9-7)8(10)11/h6H,2-5H2,1H3,(H,10,11). The van der Waals surface area contributed by atoms with Gasteiger partial charge in [-0.15, -0.1) is 0 Å². The van der Waals surface area contributed by atoms with E-state index in [1.54, 1.807) is 0 Å². The molecule has 1 rings (SSSR count). The number of ether oxygens (including phenoxy) is 1. The van der Waals surface area contributed by atoms with Gasteiger partial charge in [0, 0.05) is 6.42 Å². The van der Waals surface area contributed by atoms with Crippen molar-refractivity contribution in [3.8, 4) is 0 Å². The molecule has 4 heteroatoms. The third kappa shape index (κ3) is 2.22. The molecule has 1 atom stereocenters. The quantitative estimate of drug-likeness (QED) is 0.672. The fourth-order valence-electron chi connectivity index (χ4n) is 1.17. The molecule has 1 aliphatic heterocycles. The molecule has 0 aromatic rings. The summed E-state index contributed by atoms with van der Waals surface area (Å²) in [4.78, 5) is 14.5. The predicted molar refractivity (Wildman–Crippen MR) is 44.3 cm³/mol. The molecule has 1 heterocycles. The van der Waals surface area contributed by atoms with Gasteiger partial charge in [0.25, 0.3) is 0 Å². The zero-order valence-electron chi connectivity index (χ0n) is 7.12. The van der Waals surface area contributed by atoms with Crippen molar-refractivity contribution >= 4 is 11.9 Å². The van der Waals surface area contributed by atoms with Gasteiger partial charge in [0.2, 0.25) is 0 Å². The molecule has 0 aromatic heterocycles. The zero-order valence-corrected chi connectivity index (χ0v) is 7.12. The van der Waals surface area contributed by atoms with Crippen molar-refractivity contribution in [2.45, 2.75) is 19.8 Å². The van der Waals surface area contributed by atoms with Gasteiger partial charge in [-0.2, -0.15) is 0 Å². The van der Waals surface area contributed by atoms with Crippen LogP contribution in [0.25, 0.3) is 0 Å². The maximum Gasteiger partial charge on any atom is 0.308 e. The molecular formula is C8H13NO3. The highest BCUT2D eigenvalue weighted by atomic mass is 16.5. The number of hydrogen-bond acceptors (Lipinski definition) is 3. The van der Waals surface area contributed by atoms with Gasteiger partial charge in [0.1, 0.15) is 0 Å². The van der Waals surface area contributed by atoms with Gasteiger partial charge in [-0.1, -0.05) is 0 Å². The Balaban J connectivity index is 2.42. The van der Waals surface area contributed by atoms with Crippen LogP contribution < -0.4 is 0 Å². The van der Waals surface area contributed by atoms with E-state index in [4.69, 9.17) is 9.84 Å². The van der Waals surface area contributed by atoms with E-state index >= 15 is 0 Å². The Kier molecular flexibility index (Phi) is 3.08. The van der Waals surface area contributed by atoms with Crippen LogP contribution >= 0.6 is 0 Å². The molecule has 0 fully saturated rings. The Labute approximate surface area is 71.3 Å². The molecule has 1 N–H and O–H groups in total. The smallest absolute Gasteiger partial charge is 0.308 e. The molecule has 68 valence electrons. The fraction of sp³-hybridized carbons (Fsp3) is 0.750. The SMILES string of the molecule is CCOC1=NCC(C(=O)O)CC1. The van der Waals surface area contributed by atoms with Crippen LogP contribution in [0, 0.1) is 5.92 Å². The summed E-state index contributed by atoms with van der Waals surface area (Å²) >= 11 is 0. The Morgan fingerprint density at radius 2 is 2.58 bits per heavy atom. The summed E-state index contributed by atoms with van der Waals surface area (Å²) in [6, 6.07) is 0. The van der Waals surface area contributed by atoms with Crippen molar-refractivity contribution in [3.63, 3.8) is 0 Å². The van der Waals surface area contributed by atoms with Gasteiger partial charge in [0.15, 0.2) is 5.90 Å². The third-order valence-corrected chi connectivity index (χ3v) is 1.85. The van der Waals surface area contributed by atoms with E-state index in [1.165, 1.54) is 0 Å². The first kappa shape index (κ1) is 9.03. The monoisotopic (exact) mass is 171 g/mol. The van der Waals surface area contributed by atoms with Crippen LogP contribution in [-0.2, 0) is 9.53 Å². The number of aliphatic carboxylic acids is 1. The van der Waals surface area contributed by atoms with E-state index < -0.39 is 5.97 Å². The fourth-order valence-corrected chi connectivity index (χ4v) is 1.17. The maximum atomic E-state index is 10.5. The first-order chi connectivity index (χ1) is 5.74. The van der Waals surface area contributed by atoms with Crippen LogP contribution in [0.5, 0.6) is 0 Å². The summed E-state index contributed by atoms with van der Waals surface area (Å²) in [5.74, 6) is -0.362. The van der Waals surface area contributed by atoms with Gasteiger partial charge in [-0.3, -0.25) is 9.79 Å². The topological polar surface area (TPSA) is 58.9 Å². The molecule has 0 saturated carbocycles. The number of rotatable bonds is 2. The van der Waals surface area contributed by atoms with Crippen molar-refractivity contribution in [3.05, 3.63) is 0 Å². The molecule has 12 heavy (non-hydrogen) atoms. The average Bonchev–Trinajstić information content (AvgIpc) is 2.06. The second-order valence-electron chi connectivity index (χ2n) is 2.74. The van der Waals surface area contributed by atoms with E-state index in [9.17, 15) is 4.79 Å². The number of carbonyl (C=O) groups is 1. The van der Waals surface area contributed by atoms with Crippen molar-refractivity contribution in [1.29, 1.82) is 0 Å². The minimum absolute atomic E-state index is 0.311. The highest BCUT2D eigenvalue weighted by Gasteiger charge is 2.22. The normalized spacial score (nSPS) is 23.1. The largest absolute Gasteiger partial charge is 0.481 e. The minimum Gasteiger partial charge on any atom is -0.481 e. The molecule has 0 amide bonds. The van der Waals surface area contributed by atoms with Crippen LogP contribution in [0.4, 0.5) is 0 Å². The summed E-state index contributed by atoms with van der Waals surface area (Å²) in [5, 5.41) is 8.64. The van der Waals surface area contributed by atoms with Crippen molar-refractivity contribution < 1.29 is 14.6 Å². The van der Waals surface area contributed by atoms with Crippen molar-refractivity contribution in [2.24, 2.45) is 10.9 Å². The second kappa shape index (κ2) is 4.09. The first-order valence-corrected chi connectivity index (χ1v) is 4.13. The van der Waals surface area contributed by atoms with E-state index in [-0.39, 0.29) is 5.92 Å². The molecule has 0 aromatic carbocycles. The van der Waals surface area contributed by atoms with Crippen LogP contribution in [0.15, 0.2) is 4.99 Å². The van der Waals surface area contributed by atoms with Crippen LogP contribution in [0.3, 0.4) is 0 Å². The summed E-state index contributed by atoms with van der Waals surface area (Å²) in [7, 11) is 0. The summed E-state index contributed by atoms with van der Waals surface area (Å²) in [5.41, 5.74) is 0. The Morgan fingerprint density at radius 1 is 1.83 bits per heavy atom.